The molecule has 2 aromatic rings. The molecule has 1 fully saturated rings. The zero-order valence-electron chi connectivity index (χ0n) is 15.7. The van der Waals surface area contributed by atoms with E-state index >= 15 is 0 Å². The summed E-state index contributed by atoms with van der Waals surface area (Å²) in [4.78, 5) is 14.0. The summed E-state index contributed by atoms with van der Waals surface area (Å²) >= 11 is 20.1. The van der Waals surface area contributed by atoms with Crippen LogP contribution < -0.4 is 10.4 Å². The summed E-state index contributed by atoms with van der Waals surface area (Å²) in [6.45, 7) is 1.75. The summed E-state index contributed by atoms with van der Waals surface area (Å²) in [7, 11) is 0. The Morgan fingerprint density at radius 2 is 2.00 bits per heavy atom. The minimum Gasteiger partial charge on any atom is -0.284 e. The number of benzene rings is 1. The molecule has 1 aromatic heterocycles. The van der Waals surface area contributed by atoms with Gasteiger partial charge in [0.2, 0.25) is 0 Å². The van der Waals surface area contributed by atoms with Gasteiger partial charge in [0.05, 0.1) is 16.8 Å². The zero-order chi connectivity index (χ0) is 20.4. The fraction of sp³-hybridized carbons (Fsp3) is 0.400. The summed E-state index contributed by atoms with van der Waals surface area (Å²) in [5.41, 5.74) is 5.28. The molecule has 0 aliphatic carbocycles. The van der Waals surface area contributed by atoms with Crippen molar-refractivity contribution in [1.29, 1.82) is 0 Å². The van der Waals surface area contributed by atoms with Crippen molar-refractivity contribution in [3.05, 3.63) is 50.1 Å². The molecule has 9 heteroatoms. The van der Waals surface area contributed by atoms with E-state index in [4.69, 9.17) is 34.8 Å². The van der Waals surface area contributed by atoms with E-state index in [0.717, 1.165) is 42.1 Å². The van der Waals surface area contributed by atoms with E-state index in [1.54, 1.807) is 23.5 Å². The van der Waals surface area contributed by atoms with Crippen LogP contribution >= 0.6 is 46.1 Å². The number of halogens is 3. The quantitative estimate of drug-likeness (QED) is 0.576. The molecular weight excluding hydrogens is 451 g/mol. The van der Waals surface area contributed by atoms with Crippen LogP contribution in [-0.2, 0) is 10.7 Å². The highest BCUT2D eigenvalue weighted by Crippen LogP contribution is 2.41. The van der Waals surface area contributed by atoms with E-state index in [1.165, 1.54) is 6.42 Å². The van der Waals surface area contributed by atoms with E-state index in [0.29, 0.717) is 28.1 Å². The van der Waals surface area contributed by atoms with Crippen LogP contribution in [0.2, 0.25) is 10.0 Å². The Balaban J connectivity index is 1.61. The molecular formula is C20H21Cl3N4OS. The second-order valence-corrected chi connectivity index (χ2v) is 9.24. The van der Waals surface area contributed by atoms with Crippen LogP contribution in [0.15, 0.2) is 34.7 Å². The number of amides is 1. The van der Waals surface area contributed by atoms with Crippen LogP contribution in [0.3, 0.4) is 0 Å². The van der Waals surface area contributed by atoms with E-state index < -0.39 is 0 Å². The molecule has 2 aliphatic heterocycles. The number of anilines is 1. The van der Waals surface area contributed by atoms with Gasteiger partial charge in [0.25, 0.3) is 5.91 Å². The number of thiophene rings is 1. The standard InChI is InChI=1S/C20H21Cl3N4OS/c21-11-13-8-19(29-12-13)18-10-16(20(28)25-26-6-2-1-3-7-26)24-27(18)17-5-4-14(22)9-15(17)23/h4-5,8-9,12,18H,1-3,6-7,10-11H2,(H,25,28). The molecule has 3 heterocycles. The summed E-state index contributed by atoms with van der Waals surface area (Å²) in [6.07, 6.45) is 3.90. The van der Waals surface area contributed by atoms with Crippen molar-refractivity contribution in [1.82, 2.24) is 10.4 Å². The molecule has 29 heavy (non-hydrogen) atoms. The van der Waals surface area contributed by atoms with Gasteiger partial charge < -0.3 is 0 Å². The van der Waals surface area contributed by atoms with Gasteiger partial charge >= 0.3 is 0 Å². The second kappa shape index (κ2) is 9.23. The number of hydrogen-bond donors (Lipinski definition) is 1. The SMILES string of the molecule is O=C(NN1CCCCC1)C1=NN(c2ccc(Cl)cc2Cl)C(c2cc(CCl)cs2)C1. The largest absolute Gasteiger partial charge is 0.284 e. The molecule has 0 bridgehead atoms. The number of hydrazone groups is 1. The lowest BCUT2D eigenvalue weighted by atomic mass is 10.1. The van der Waals surface area contributed by atoms with Crippen LogP contribution in [0.4, 0.5) is 5.69 Å². The first-order valence-corrected chi connectivity index (χ1v) is 11.7. The molecule has 0 spiro atoms. The number of hydrogen-bond acceptors (Lipinski definition) is 5. The third-order valence-corrected chi connectivity index (χ3v) is 7.03. The number of alkyl halides is 1. The molecule has 0 radical (unpaired) electrons. The molecule has 1 amide bonds. The van der Waals surface area contributed by atoms with Crippen LogP contribution in [0.5, 0.6) is 0 Å². The summed E-state index contributed by atoms with van der Waals surface area (Å²) in [5.74, 6) is 0.298. The maximum atomic E-state index is 12.9. The first-order chi connectivity index (χ1) is 14.0. The number of carbonyl (C=O) groups excluding carboxylic acids is 1. The van der Waals surface area contributed by atoms with Gasteiger partial charge in [-0.2, -0.15) is 5.10 Å². The molecule has 4 rings (SSSR count). The fourth-order valence-corrected chi connectivity index (χ4v) is 5.35. The third kappa shape index (κ3) is 4.72. The van der Waals surface area contributed by atoms with Crippen LogP contribution in [0.1, 0.15) is 42.2 Å². The molecule has 5 nitrogen and oxygen atoms in total. The summed E-state index contributed by atoms with van der Waals surface area (Å²) in [6, 6.07) is 7.26. The zero-order valence-corrected chi connectivity index (χ0v) is 18.8. The lowest BCUT2D eigenvalue weighted by molar-refractivity contribution is -0.119. The van der Waals surface area contributed by atoms with Crippen molar-refractivity contribution in [3.8, 4) is 0 Å². The number of nitrogens with zero attached hydrogens (tertiary/aromatic N) is 3. The van der Waals surface area contributed by atoms with Crippen molar-refractivity contribution >= 4 is 63.4 Å². The Hall–Kier alpha value is -1.31. The number of rotatable bonds is 5. The van der Waals surface area contributed by atoms with Gasteiger partial charge in [-0.25, -0.2) is 5.01 Å². The fourth-order valence-electron chi connectivity index (χ4n) is 3.61. The molecule has 2 aliphatic rings. The lowest BCUT2D eigenvalue weighted by Crippen LogP contribution is -2.47. The Bertz CT molecular complexity index is 926. The van der Waals surface area contributed by atoms with E-state index in [2.05, 4.69) is 16.6 Å². The highest BCUT2D eigenvalue weighted by molar-refractivity contribution is 7.10. The Kier molecular flexibility index (Phi) is 6.66. The van der Waals surface area contributed by atoms with Crippen LogP contribution in [-0.4, -0.2) is 29.7 Å². The molecule has 1 N–H and O–H groups in total. The van der Waals surface area contributed by atoms with Gasteiger partial charge in [-0.3, -0.25) is 15.2 Å². The molecule has 1 unspecified atom stereocenters. The number of nitrogens with one attached hydrogen (secondary N) is 1. The topological polar surface area (TPSA) is 47.9 Å². The molecule has 1 saturated heterocycles. The minimum atomic E-state index is -0.154. The van der Waals surface area contributed by atoms with Crippen molar-refractivity contribution in [2.45, 2.75) is 37.6 Å². The van der Waals surface area contributed by atoms with Gasteiger partial charge in [-0.15, -0.1) is 22.9 Å². The second-order valence-electron chi connectivity index (χ2n) is 7.19. The van der Waals surface area contributed by atoms with Gasteiger partial charge in [-0.1, -0.05) is 29.6 Å². The Morgan fingerprint density at radius 1 is 1.21 bits per heavy atom. The molecule has 1 atom stereocenters. The minimum absolute atomic E-state index is 0.113. The van der Waals surface area contributed by atoms with E-state index in [9.17, 15) is 4.79 Å². The molecule has 154 valence electrons. The number of hydrazine groups is 1. The van der Waals surface area contributed by atoms with Gasteiger partial charge in [-0.05, 0) is 48.1 Å². The third-order valence-electron chi connectivity index (χ3n) is 5.10. The molecule has 0 saturated carbocycles. The average molecular weight is 472 g/mol. The normalized spacial score (nSPS) is 20.0. The Morgan fingerprint density at radius 3 is 2.69 bits per heavy atom. The van der Waals surface area contributed by atoms with Crippen LogP contribution in [0.25, 0.3) is 0 Å². The van der Waals surface area contributed by atoms with Gasteiger partial charge in [0.15, 0.2) is 0 Å². The van der Waals surface area contributed by atoms with Crippen molar-refractivity contribution in [2.24, 2.45) is 5.10 Å². The first-order valence-electron chi connectivity index (χ1n) is 9.56. The highest BCUT2D eigenvalue weighted by Gasteiger charge is 2.35. The van der Waals surface area contributed by atoms with Gasteiger partial charge in [0.1, 0.15) is 5.71 Å². The lowest BCUT2D eigenvalue weighted by Gasteiger charge is -2.26. The monoisotopic (exact) mass is 470 g/mol. The predicted octanol–water partition coefficient (Wildman–Crippen LogP) is 5.62. The highest BCUT2D eigenvalue weighted by atomic mass is 35.5. The van der Waals surface area contributed by atoms with Crippen molar-refractivity contribution < 1.29 is 4.79 Å². The summed E-state index contributed by atoms with van der Waals surface area (Å²) in [5, 5.41) is 11.6. The van der Waals surface area contributed by atoms with E-state index in [-0.39, 0.29) is 11.9 Å². The maximum Gasteiger partial charge on any atom is 0.281 e. The number of carbonyl (C=O) groups is 1. The number of piperidine rings is 1. The van der Waals surface area contributed by atoms with Gasteiger partial charge in [0, 0.05) is 35.3 Å². The maximum absolute atomic E-state index is 12.9. The smallest absolute Gasteiger partial charge is 0.281 e. The summed E-state index contributed by atoms with van der Waals surface area (Å²) < 4.78 is 0. The first kappa shape index (κ1) is 20.9. The van der Waals surface area contributed by atoms with Crippen molar-refractivity contribution in [2.75, 3.05) is 18.1 Å². The Labute approximate surface area is 189 Å². The molecule has 1 aromatic carbocycles. The van der Waals surface area contributed by atoms with E-state index in [1.807, 2.05) is 21.5 Å². The van der Waals surface area contributed by atoms with Crippen molar-refractivity contribution in [3.63, 3.8) is 0 Å². The van der Waals surface area contributed by atoms with Crippen LogP contribution in [0, 0.1) is 0 Å². The predicted molar refractivity (Wildman–Crippen MR) is 121 cm³/mol. The average Bonchev–Trinajstić information content (AvgIpc) is 3.36.